The van der Waals surface area contributed by atoms with E-state index in [0.29, 0.717) is 23.5 Å². The molecule has 0 aliphatic carbocycles. The van der Waals surface area contributed by atoms with Crippen molar-refractivity contribution in [3.63, 3.8) is 0 Å². The lowest BCUT2D eigenvalue weighted by Gasteiger charge is -2.17. The molecule has 2 N–H and O–H groups in total. The van der Waals surface area contributed by atoms with Gasteiger partial charge in [0.1, 0.15) is 5.75 Å². The first-order chi connectivity index (χ1) is 16.4. The van der Waals surface area contributed by atoms with Crippen LogP contribution in [0.15, 0.2) is 72.8 Å². The van der Waals surface area contributed by atoms with Crippen LogP contribution in [0.2, 0.25) is 0 Å². The molecule has 174 valence electrons. The molecule has 7 heteroatoms. The van der Waals surface area contributed by atoms with Crippen LogP contribution in [-0.4, -0.2) is 31.4 Å². The van der Waals surface area contributed by atoms with Gasteiger partial charge in [0.15, 0.2) is 0 Å². The number of hydrogen-bond donors (Lipinski definition) is 2. The summed E-state index contributed by atoms with van der Waals surface area (Å²) in [6.07, 6.45) is 0.111. The lowest BCUT2D eigenvalue weighted by atomic mass is 10.1. The third-order valence-electron chi connectivity index (χ3n) is 5.85. The Hall–Kier alpha value is -4.13. The Bertz CT molecular complexity index is 1210. The lowest BCUT2D eigenvalue weighted by Crippen LogP contribution is -2.29. The number of amides is 3. The minimum absolute atomic E-state index is 0.111. The molecule has 1 saturated heterocycles. The molecule has 34 heavy (non-hydrogen) atoms. The summed E-state index contributed by atoms with van der Waals surface area (Å²) in [5.41, 5.74) is 3.63. The molecule has 3 aromatic carbocycles. The molecule has 1 fully saturated rings. The molecule has 0 aromatic heterocycles. The zero-order chi connectivity index (χ0) is 24.1. The topological polar surface area (TPSA) is 87.7 Å². The maximum Gasteiger partial charge on any atom is 0.253 e. The zero-order valence-corrected chi connectivity index (χ0v) is 19.2. The highest BCUT2D eigenvalue weighted by Crippen LogP contribution is 2.28. The molecule has 1 atom stereocenters. The van der Waals surface area contributed by atoms with E-state index in [9.17, 15) is 14.4 Å². The summed E-state index contributed by atoms with van der Waals surface area (Å²) in [5.74, 6) is -0.502. The first-order valence-electron chi connectivity index (χ1n) is 11.1. The second-order valence-electron chi connectivity index (χ2n) is 8.31. The fourth-order valence-corrected chi connectivity index (χ4v) is 4.02. The first-order valence-corrected chi connectivity index (χ1v) is 11.1. The summed E-state index contributed by atoms with van der Waals surface area (Å²) in [6.45, 7) is 2.66. The van der Waals surface area contributed by atoms with Crippen LogP contribution < -0.4 is 20.3 Å². The van der Waals surface area contributed by atoms with Gasteiger partial charge in [0.2, 0.25) is 11.8 Å². The number of aryl methyl sites for hydroxylation is 1. The SMILES string of the molecule is COc1ccc(N2C[C@@H](C(=O)Nc3ccccc3C(=O)NCc3cccc(C)c3)CC2=O)cc1. The fourth-order valence-electron chi connectivity index (χ4n) is 4.02. The third kappa shape index (κ3) is 5.26. The summed E-state index contributed by atoms with van der Waals surface area (Å²) in [6, 6.07) is 21.9. The van der Waals surface area contributed by atoms with Gasteiger partial charge in [0, 0.05) is 25.2 Å². The molecule has 0 spiro atoms. The molecular weight excluding hydrogens is 430 g/mol. The maximum absolute atomic E-state index is 13.0. The van der Waals surface area contributed by atoms with Gasteiger partial charge in [-0.05, 0) is 48.9 Å². The van der Waals surface area contributed by atoms with Gasteiger partial charge in [-0.1, -0.05) is 42.0 Å². The standard InChI is InChI=1S/C27H27N3O4/c1-18-6-5-7-19(14-18)16-28-27(33)23-8-3-4-9-24(23)29-26(32)20-15-25(31)30(17-20)21-10-12-22(34-2)13-11-21/h3-14,20H,15-17H2,1-2H3,(H,28,33)(H,29,32)/t20-/m0/s1. The van der Waals surface area contributed by atoms with Crippen LogP contribution in [0.25, 0.3) is 0 Å². The Kier molecular flexibility index (Phi) is 6.92. The van der Waals surface area contributed by atoms with Crippen molar-refractivity contribution in [2.45, 2.75) is 19.9 Å². The molecule has 1 aliphatic heterocycles. The molecule has 0 radical (unpaired) electrons. The van der Waals surface area contributed by atoms with Gasteiger partial charge in [-0.3, -0.25) is 14.4 Å². The average Bonchev–Trinajstić information content (AvgIpc) is 3.24. The van der Waals surface area contributed by atoms with Crippen LogP contribution in [0, 0.1) is 12.8 Å². The molecule has 0 unspecified atom stereocenters. The third-order valence-corrected chi connectivity index (χ3v) is 5.85. The van der Waals surface area contributed by atoms with Crippen molar-refractivity contribution in [2.24, 2.45) is 5.92 Å². The van der Waals surface area contributed by atoms with Crippen LogP contribution in [0.4, 0.5) is 11.4 Å². The predicted molar refractivity (Wildman–Crippen MR) is 131 cm³/mol. The van der Waals surface area contributed by atoms with E-state index < -0.39 is 5.92 Å². The smallest absolute Gasteiger partial charge is 0.253 e. The van der Waals surface area contributed by atoms with E-state index in [2.05, 4.69) is 10.6 Å². The summed E-state index contributed by atoms with van der Waals surface area (Å²) in [7, 11) is 1.58. The summed E-state index contributed by atoms with van der Waals surface area (Å²) < 4.78 is 5.16. The largest absolute Gasteiger partial charge is 0.497 e. The highest BCUT2D eigenvalue weighted by atomic mass is 16.5. The maximum atomic E-state index is 13.0. The molecule has 1 heterocycles. The number of benzene rings is 3. The number of nitrogens with one attached hydrogen (secondary N) is 2. The highest BCUT2D eigenvalue weighted by molar-refractivity contribution is 6.07. The Balaban J connectivity index is 1.41. The number of anilines is 2. The van der Waals surface area contributed by atoms with Crippen LogP contribution in [0.3, 0.4) is 0 Å². The summed E-state index contributed by atoms with van der Waals surface area (Å²) >= 11 is 0. The number of para-hydroxylation sites is 1. The van der Waals surface area contributed by atoms with E-state index in [1.54, 1.807) is 60.5 Å². The Morgan fingerprint density at radius 2 is 1.79 bits per heavy atom. The van der Waals surface area contributed by atoms with Gasteiger partial charge >= 0.3 is 0 Å². The monoisotopic (exact) mass is 457 g/mol. The van der Waals surface area contributed by atoms with E-state index in [1.807, 2.05) is 31.2 Å². The molecule has 0 bridgehead atoms. The second kappa shape index (κ2) is 10.2. The Morgan fingerprint density at radius 1 is 1.03 bits per heavy atom. The number of ether oxygens (including phenoxy) is 1. The van der Waals surface area contributed by atoms with Gasteiger partial charge in [-0.15, -0.1) is 0 Å². The average molecular weight is 458 g/mol. The van der Waals surface area contributed by atoms with Crippen LogP contribution >= 0.6 is 0 Å². The van der Waals surface area contributed by atoms with Crippen LogP contribution in [-0.2, 0) is 16.1 Å². The van der Waals surface area contributed by atoms with E-state index in [1.165, 1.54) is 0 Å². The number of hydrogen-bond acceptors (Lipinski definition) is 4. The van der Waals surface area contributed by atoms with Gasteiger partial charge < -0.3 is 20.3 Å². The number of carbonyl (C=O) groups is 3. The van der Waals surface area contributed by atoms with Crippen LogP contribution in [0.1, 0.15) is 27.9 Å². The van der Waals surface area contributed by atoms with E-state index >= 15 is 0 Å². The molecule has 3 aromatic rings. The molecule has 7 nitrogen and oxygen atoms in total. The van der Waals surface area contributed by atoms with Crippen molar-refractivity contribution in [2.75, 3.05) is 23.9 Å². The number of rotatable bonds is 7. The number of carbonyl (C=O) groups excluding carboxylic acids is 3. The van der Waals surface area contributed by atoms with E-state index in [0.717, 1.165) is 16.8 Å². The van der Waals surface area contributed by atoms with Gasteiger partial charge in [0.05, 0.1) is 24.3 Å². The van der Waals surface area contributed by atoms with Crippen molar-refractivity contribution in [3.8, 4) is 5.75 Å². The molecule has 4 rings (SSSR count). The van der Waals surface area contributed by atoms with E-state index in [-0.39, 0.29) is 30.7 Å². The zero-order valence-electron chi connectivity index (χ0n) is 19.2. The van der Waals surface area contributed by atoms with Crippen molar-refractivity contribution >= 4 is 29.1 Å². The van der Waals surface area contributed by atoms with Gasteiger partial charge in [-0.2, -0.15) is 0 Å². The van der Waals surface area contributed by atoms with Crippen molar-refractivity contribution in [1.82, 2.24) is 5.32 Å². The Labute approximate surface area is 198 Å². The second-order valence-corrected chi connectivity index (χ2v) is 8.31. The van der Waals surface area contributed by atoms with Gasteiger partial charge in [-0.25, -0.2) is 0 Å². The minimum atomic E-state index is -0.516. The van der Waals surface area contributed by atoms with Crippen molar-refractivity contribution in [1.29, 1.82) is 0 Å². The van der Waals surface area contributed by atoms with Crippen LogP contribution in [0.5, 0.6) is 5.75 Å². The summed E-state index contributed by atoms with van der Waals surface area (Å²) in [5, 5.41) is 5.76. The normalized spacial score (nSPS) is 15.2. The first kappa shape index (κ1) is 23.0. The fraction of sp³-hybridized carbons (Fsp3) is 0.222. The lowest BCUT2D eigenvalue weighted by molar-refractivity contribution is -0.122. The summed E-state index contributed by atoms with van der Waals surface area (Å²) in [4.78, 5) is 40.0. The quantitative estimate of drug-likeness (QED) is 0.563. The van der Waals surface area contributed by atoms with Crippen molar-refractivity contribution in [3.05, 3.63) is 89.5 Å². The number of methoxy groups -OCH3 is 1. The highest BCUT2D eigenvalue weighted by Gasteiger charge is 2.35. The molecular formula is C27H27N3O4. The minimum Gasteiger partial charge on any atom is -0.497 e. The predicted octanol–water partition coefficient (Wildman–Crippen LogP) is 3.93. The molecule has 1 aliphatic rings. The number of nitrogens with zero attached hydrogens (tertiary/aromatic N) is 1. The van der Waals surface area contributed by atoms with E-state index in [4.69, 9.17) is 4.74 Å². The van der Waals surface area contributed by atoms with Gasteiger partial charge in [0.25, 0.3) is 5.91 Å². The van der Waals surface area contributed by atoms with Crippen molar-refractivity contribution < 1.29 is 19.1 Å². The Morgan fingerprint density at radius 3 is 2.53 bits per heavy atom. The molecule has 0 saturated carbocycles. The molecule has 3 amide bonds.